The summed E-state index contributed by atoms with van der Waals surface area (Å²) in [6.07, 6.45) is 1.10. The van der Waals surface area contributed by atoms with Gasteiger partial charge in [-0.3, -0.25) is 0 Å². The van der Waals surface area contributed by atoms with Crippen molar-refractivity contribution in [3.63, 3.8) is 0 Å². The number of benzene rings is 2. The predicted molar refractivity (Wildman–Crippen MR) is 106 cm³/mol. The average Bonchev–Trinajstić information content (AvgIpc) is 2.51. The van der Waals surface area contributed by atoms with Crippen LogP contribution >= 0.6 is 0 Å². The maximum atomic E-state index is 6.06. The van der Waals surface area contributed by atoms with Crippen molar-refractivity contribution in [1.82, 2.24) is 0 Å². The van der Waals surface area contributed by atoms with Crippen LogP contribution in [0.3, 0.4) is 0 Å². The molecule has 25 heavy (non-hydrogen) atoms. The van der Waals surface area contributed by atoms with E-state index in [0.717, 1.165) is 17.9 Å². The van der Waals surface area contributed by atoms with Gasteiger partial charge in [-0.05, 0) is 47.9 Å². The smallest absolute Gasteiger partial charge is 0.123 e. The minimum Gasteiger partial charge on any atom is -0.490 e. The monoisotopic (exact) mass is 340 g/mol. The van der Waals surface area contributed by atoms with Gasteiger partial charge in [-0.2, -0.15) is 0 Å². The topological polar surface area (TPSA) is 18.5 Å². The maximum absolute atomic E-state index is 6.06. The Morgan fingerprint density at radius 3 is 2.00 bits per heavy atom. The summed E-state index contributed by atoms with van der Waals surface area (Å²) in [6, 6.07) is 16.5. The molecule has 0 bridgehead atoms. The summed E-state index contributed by atoms with van der Waals surface area (Å²) in [6.45, 7) is 14.6. The van der Waals surface area contributed by atoms with Gasteiger partial charge in [0.05, 0.1) is 0 Å². The van der Waals surface area contributed by atoms with Gasteiger partial charge in [-0.15, -0.1) is 0 Å². The van der Waals surface area contributed by atoms with Gasteiger partial charge in [-0.1, -0.05) is 70.5 Å². The van der Waals surface area contributed by atoms with Gasteiger partial charge in [0.2, 0.25) is 0 Å². The molecule has 0 aliphatic heterocycles. The Morgan fingerprint density at radius 2 is 1.36 bits per heavy atom. The van der Waals surface area contributed by atoms with Gasteiger partial charge in [0.15, 0.2) is 0 Å². The van der Waals surface area contributed by atoms with E-state index in [0.29, 0.717) is 13.2 Å². The lowest BCUT2D eigenvalue weighted by atomic mass is 9.72. The van der Waals surface area contributed by atoms with E-state index in [1.807, 2.05) is 18.2 Å². The second-order valence-corrected chi connectivity index (χ2v) is 8.63. The molecular formula is C23H32O2. The van der Waals surface area contributed by atoms with Crippen molar-refractivity contribution in [2.24, 2.45) is 5.41 Å². The first kappa shape index (κ1) is 19.4. The van der Waals surface area contributed by atoms with Gasteiger partial charge in [0.25, 0.3) is 0 Å². The summed E-state index contributed by atoms with van der Waals surface area (Å²) in [4.78, 5) is 0. The summed E-state index contributed by atoms with van der Waals surface area (Å²) in [5.74, 6) is 1.85. The molecule has 0 atom stereocenters. The van der Waals surface area contributed by atoms with Crippen molar-refractivity contribution in [1.29, 1.82) is 0 Å². The van der Waals surface area contributed by atoms with E-state index in [4.69, 9.17) is 9.47 Å². The molecule has 0 fully saturated rings. The molecule has 0 radical (unpaired) electrons. The molecule has 0 aromatic heterocycles. The second kappa shape index (κ2) is 7.95. The van der Waals surface area contributed by atoms with Gasteiger partial charge in [0, 0.05) is 0 Å². The first-order chi connectivity index (χ1) is 11.7. The number of ether oxygens (including phenoxy) is 2. The predicted octanol–water partition coefficient (Wildman–Crippen LogP) is 6.17. The number of hydrogen-bond donors (Lipinski definition) is 0. The van der Waals surface area contributed by atoms with E-state index in [1.165, 1.54) is 11.1 Å². The van der Waals surface area contributed by atoms with E-state index >= 15 is 0 Å². The zero-order valence-electron chi connectivity index (χ0n) is 16.6. The molecule has 0 unspecified atom stereocenters. The van der Waals surface area contributed by atoms with Crippen LogP contribution < -0.4 is 9.47 Å². The lowest BCUT2D eigenvalue weighted by Gasteiger charge is -2.34. The lowest BCUT2D eigenvalue weighted by molar-refractivity contribution is 0.210. The fourth-order valence-electron chi connectivity index (χ4n) is 3.52. The first-order valence-corrected chi connectivity index (χ1v) is 9.09. The largest absolute Gasteiger partial charge is 0.490 e. The summed E-state index contributed by atoms with van der Waals surface area (Å²) in [5.41, 5.74) is 2.83. The maximum Gasteiger partial charge on any atom is 0.123 e. The molecule has 0 N–H and O–H groups in total. The van der Waals surface area contributed by atoms with E-state index in [-0.39, 0.29) is 10.8 Å². The standard InChI is InChI=1S/C23H32O2/c1-18-11-13-19(14-12-18)24-15-16-25-21-10-8-7-9-20(21)23(5,6)17-22(2,3)4/h7-14H,15-17H2,1-6H3. The van der Waals surface area contributed by atoms with Crippen molar-refractivity contribution >= 4 is 0 Å². The van der Waals surface area contributed by atoms with Gasteiger partial charge < -0.3 is 9.47 Å². The Hall–Kier alpha value is -1.96. The highest BCUT2D eigenvalue weighted by Gasteiger charge is 2.29. The number of aryl methyl sites for hydroxylation is 1. The summed E-state index contributed by atoms with van der Waals surface area (Å²) >= 11 is 0. The van der Waals surface area contributed by atoms with Crippen LogP contribution in [0, 0.1) is 12.3 Å². The van der Waals surface area contributed by atoms with E-state index in [2.05, 4.69) is 71.9 Å². The minimum absolute atomic E-state index is 0.0622. The Bertz CT molecular complexity index is 663. The third kappa shape index (κ3) is 6.12. The highest BCUT2D eigenvalue weighted by atomic mass is 16.5. The molecule has 136 valence electrons. The Labute approximate surface area is 153 Å². The van der Waals surface area contributed by atoms with Crippen LogP contribution in [-0.2, 0) is 5.41 Å². The molecule has 2 aromatic carbocycles. The molecule has 2 aromatic rings. The Morgan fingerprint density at radius 1 is 0.760 bits per heavy atom. The van der Waals surface area contributed by atoms with Gasteiger partial charge in [0.1, 0.15) is 24.7 Å². The molecule has 2 nitrogen and oxygen atoms in total. The molecule has 0 aliphatic carbocycles. The van der Waals surface area contributed by atoms with Crippen LogP contribution in [0.15, 0.2) is 48.5 Å². The fourth-order valence-corrected chi connectivity index (χ4v) is 3.52. The molecule has 0 spiro atoms. The molecule has 2 heteroatoms. The summed E-state index contributed by atoms with van der Waals surface area (Å²) < 4.78 is 11.8. The van der Waals surface area contributed by atoms with Crippen molar-refractivity contribution in [3.8, 4) is 11.5 Å². The van der Waals surface area contributed by atoms with Crippen molar-refractivity contribution in [2.45, 2.75) is 53.4 Å². The highest BCUT2D eigenvalue weighted by Crippen LogP contribution is 2.40. The third-order valence-electron chi connectivity index (χ3n) is 4.22. The van der Waals surface area contributed by atoms with Gasteiger partial charge >= 0.3 is 0 Å². The number of para-hydroxylation sites is 1. The first-order valence-electron chi connectivity index (χ1n) is 9.09. The van der Waals surface area contributed by atoms with E-state index < -0.39 is 0 Å². The SMILES string of the molecule is Cc1ccc(OCCOc2ccccc2C(C)(C)CC(C)(C)C)cc1. The molecule has 0 saturated heterocycles. The summed E-state index contributed by atoms with van der Waals surface area (Å²) in [7, 11) is 0. The van der Waals surface area contributed by atoms with Crippen LogP contribution in [0.1, 0.15) is 52.2 Å². The van der Waals surface area contributed by atoms with Crippen LogP contribution in [0.25, 0.3) is 0 Å². The quantitative estimate of drug-likeness (QED) is 0.561. The number of hydrogen-bond acceptors (Lipinski definition) is 2. The molecular weight excluding hydrogens is 308 g/mol. The van der Waals surface area contributed by atoms with Crippen LogP contribution in [0.2, 0.25) is 0 Å². The van der Waals surface area contributed by atoms with Crippen molar-refractivity contribution in [3.05, 3.63) is 59.7 Å². The zero-order chi connectivity index (χ0) is 18.5. The molecule has 0 saturated carbocycles. The molecule has 0 aliphatic rings. The van der Waals surface area contributed by atoms with Crippen molar-refractivity contribution < 1.29 is 9.47 Å². The van der Waals surface area contributed by atoms with Crippen LogP contribution in [0.4, 0.5) is 0 Å². The average molecular weight is 341 g/mol. The van der Waals surface area contributed by atoms with Crippen LogP contribution in [0.5, 0.6) is 11.5 Å². The van der Waals surface area contributed by atoms with E-state index in [1.54, 1.807) is 0 Å². The fraction of sp³-hybridized carbons (Fsp3) is 0.478. The van der Waals surface area contributed by atoms with Gasteiger partial charge in [-0.25, -0.2) is 0 Å². The van der Waals surface area contributed by atoms with E-state index in [9.17, 15) is 0 Å². The van der Waals surface area contributed by atoms with Crippen LogP contribution in [-0.4, -0.2) is 13.2 Å². The molecule has 0 heterocycles. The number of rotatable bonds is 7. The summed E-state index contributed by atoms with van der Waals surface area (Å²) in [5, 5.41) is 0. The minimum atomic E-state index is 0.0622. The molecule has 0 amide bonds. The Kier molecular flexibility index (Phi) is 6.16. The normalized spacial score (nSPS) is 12.1. The third-order valence-corrected chi connectivity index (χ3v) is 4.22. The lowest BCUT2D eigenvalue weighted by Crippen LogP contribution is -2.25. The molecule has 2 rings (SSSR count). The zero-order valence-corrected chi connectivity index (χ0v) is 16.6. The highest BCUT2D eigenvalue weighted by molar-refractivity contribution is 5.39. The van der Waals surface area contributed by atoms with Crippen molar-refractivity contribution in [2.75, 3.05) is 13.2 Å². The Balaban J connectivity index is 1.97. The second-order valence-electron chi connectivity index (χ2n) is 8.63.